The summed E-state index contributed by atoms with van der Waals surface area (Å²) in [6, 6.07) is 5.47. The van der Waals surface area contributed by atoms with E-state index in [0.717, 1.165) is 6.07 Å². The molecule has 2 aromatic carbocycles. The predicted octanol–water partition coefficient (Wildman–Crippen LogP) is 3.28. The van der Waals surface area contributed by atoms with Crippen LogP contribution in [0.2, 0.25) is 0 Å². The number of hydrogen-bond donors (Lipinski definition) is 1. The molecule has 1 aromatic heterocycles. The summed E-state index contributed by atoms with van der Waals surface area (Å²) < 4.78 is 43.0. The monoisotopic (exact) mass is 306 g/mol. The molecule has 3 rings (SSSR count). The number of halogens is 2. The molecule has 0 saturated heterocycles. The number of oxazole rings is 1. The highest BCUT2D eigenvalue weighted by Crippen LogP contribution is 2.30. The van der Waals surface area contributed by atoms with E-state index in [9.17, 15) is 8.78 Å². The quantitative estimate of drug-likeness (QED) is 0.749. The van der Waals surface area contributed by atoms with Crippen molar-refractivity contribution in [1.29, 1.82) is 0 Å². The lowest BCUT2D eigenvalue weighted by molar-refractivity contribution is 0.286. The Morgan fingerprint density at radius 3 is 2.82 bits per heavy atom. The van der Waals surface area contributed by atoms with Gasteiger partial charge in [-0.1, -0.05) is 0 Å². The van der Waals surface area contributed by atoms with Gasteiger partial charge in [0.1, 0.15) is 17.9 Å². The summed E-state index contributed by atoms with van der Waals surface area (Å²) in [6.45, 7) is -0.244. The normalized spacial score (nSPS) is 10.9. The number of nitrogens with zero attached hydrogens (tertiary/aromatic N) is 1. The number of ether oxygens (including phenoxy) is 2. The van der Waals surface area contributed by atoms with E-state index in [0.29, 0.717) is 22.5 Å². The fraction of sp³-hybridized carbons (Fsp3) is 0.133. The van der Waals surface area contributed by atoms with Gasteiger partial charge in [0.15, 0.2) is 29.4 Å². The van der Waals surface area contributed by atoms with Crippen molar-refractivity contribution < 1.29 is 22.7 Å². The van der Waals surface area contributed by atoms with Crippen LogP contribution in [0.15, 0.2) is 35.1 Å². The van der Waals surface area contributed by atoms with Gasteiger partial charge in [-0.25, -0.2) is 13.8 Å². The zero-order valence-corrected chi connectivity index (χ0v) is 11.6. The highest BCUT2D eigenvalue weighted by Gasteiger charge is 2.16. The predicted molar refractivity (Wildman–Crippen MR) is 75.7 cm³/mol. The van der Waals surface area contributed by atoms with Crippen molar-refractivity contribution in [1.82, 2.24) is 4.98 Å². The van der Waals surface area contributed by atoms with Crippen molar-refractivity contribution in [2.45, 2.75) is 6.61 Å². The third kappa shape index (κ3) is 2.41. The number of fused-ring (bicyclic) bond motifs is 1. The van der Waals surface area contributed by atoms with E-state index in [1.54, 1.807) is 6.07 Å². The summed E-state index contributed by atoms with van der Waals surface area (Å²) in [6.07, 6.45) is 1.25. The van der Waals surface area contributed by atoms with Gasteiger partial charge in [-0.05, 0) is 18.2 Å². The molecule has 0 radical (unpaired) electrons. The van der Waals surface area contributed by atoms with Crippen molar-refractivity contribution in [3.8, 4) is 11.5 Å². The van der Waals surface area contributed by atoms with Crippen LogP contribution in [0.4, 0.5) is 14.5 Å². The smallest absolute Gasteiger partial charge is 0.196 e. The first-order valence-electron chi connectivity index (χ1n) is 6.36. The molecule has 0 aliphatic carbocycles. The van der Waals surface area contributed by atoms with E-state index >= 15 is 0 Å². The van der Waals surface area contributed by atoms with Crippen LogP contribution in [0.1, 0.15) is 5.56 Å². The molecule has 0 saturated carbocycles. The van der Waals surface area contributed by atoms with Gasteiger partial charge in [0, 0.05) is 11.8 Å². The summed E-state index contributed by atoms with van der Waals surface area (Å²) in [5, 5.41) is 0. The Morgan fingerprint density at radius 1 is 1.23 bits per heavy atom. The van der Waals surface area contributed by atoms with Crippen LogP contribution in [0.5, 0.6) is 11.5 Å². The summed E-state index contributed by atoms with van der Waals surface area (Å²) >= 11 is 0. The summed E-state index contributed by atoms with van der Waals surface area (Å²) in [4.78, 5) is 3.98. The van der Waals surface area contributed by atoms with E-state index in [1.165, 1.54) is 25.6 Å². The molecule has 0 atom stereocenters. The second kappa shape index (κ2) is 5.51. The van der Waals surface area contributed by atoms with Crippen molar-refractivity contribution in [3.05, 3.63) is 47.9 Å². The molecule has 5 nitrogen and oxygen atoms in total. The van der Waals surface area contributed by atoms with Crippen LogP contribution in [-0.2, 0) is 6.61 Å². The minimum atomic E-state index is -1.02. The molecule has 0 spiro atoms. The standard InChI is InChI=1S/C15H12F2N2O3/c1-20-12-3-2-10(16)14(17)9(12)6-21-13-5-8(18)4-11-15(13)22-7-19-11/h2-5,7H,6,18H2,1H3. The number of anilines is 1. The van der Waals surface area contributed by atoms with Crippen LogP contribution < -0.4 is 15.2 Å². The number of benzene rings is 2. The maximum absolute atomic E-state index is 13.9. The van der Waals surface area contributed by atoms with Crippen LogP contribution in [0.25, 0.3) is 11.1 Å². The maximum atomic E-state index is 13.9. The molecule has 0 aliphatic heterocycles. The Balaban J connectivity index is 1.95. The summed E-state index contributed by atoms with van der Waals surface area (Å²) in [5.74, 6) is -1.51. The minimum Gasteiger partial charge on any atom is -0.496 e. The molecule has 3 aromatic rings. The Morgan fingerprint density at radius 2 is 2.05 bits per heavy atom. The molecule has 1 heterocycles. The van der Waals surface area contributed by atoms with Crippen LogP contribution >= 0.6 is 0 Å². The molecule has 2 N–H and O–H groups in total. The lowest BCUT2D eigenvalue weighted by Crippen LogP contribution is -2.04. The first kappa shape index (κ1) is 14.1. The van der Waals surface area contributed by atoms with E-state index < -0.39 is 11.6 Å². The van der Waals surface area contributed by atoms with Crippen molar-refractivity contribution in [2.75, 3.05) is 12.8 Å². The Bertz CT molecular complexity index is 833. The second-order valence-corrected chi connectivity index (χ2v) is 4.55. The van der Waals surface area contributed by atoms with Gasteiger partial charge in [-0.2, -0.15) is 0 Å². The zero-order chi connectivity index (χ0) is 15.7. The van der Waals surface area contributed by atoms with Gasteiger partial charge in [0.2, 0.25) is 0 Å². The Hall–Kier alpha value is -2.83. The average Bonchev–Trinajstić information content (AvgIpc) is 2.96. The summed E-state index contributed by atoms with van der Waals surface area (Å²) in [7, 11) is 1.37. The van der Waals surface area contributed by atoms with Gasteiger partial charge in [0.05, 0.1) is 12.7 Å². The number of nitrogen functional groups attached to an aromatic ring is 1. The number of nitrogens with two attached hydrogens (primary N) is 1. The van der Waals surface area contributed by atoms with Crippen LogP contribution in [0.3, 0.4) is 0 Å². The molecular weight excluding hydrogens is 294 g/mol. The minimum absolute atomic E-state index is 0.0300. The Labute approximate surface area is 124 Å². The highest BCUT2D eigenvalue weighted by molar-refractivity contribution is 5.82. The largest absolute Gasteiger partial charge is 0.496 e. The lowest BCUT2D eigenvalue weighted by Gasteiger charge is -2.12. The Kier molecular flexibility index (Phi) is 3.54. The van der Waals surface area contributed by atoms with Gasteiger partial charge < -0.3 is 19.6 Å². The third-order valence-corrected chi connectivity index (χ3v) is 3.16. The van der Waals surface area contributed by atoms with Crippen molar-refractivity contribution >= 4 is 16.8 Å². The van der Waals surface area contributed by atoms with E-state index in [2.05, 4.69) is 4.98 Å². The third-order valence-electron chi connectivity index (χ3n) is 3.16. The maximum Gasteiger partial charge on any atom is 0.196 e. The fourth-order valence-corrected chi connectivity index (χ4v) is 2.12. The van der Waals surface area contributed by atoms with E-state index in [4.69, 9.17) is 19.6 Å². The van der Waals surface area contributed by atoms with Crippen molar-refractivity contribution in [2.24, 2.45) is 0 Å². The molecule has 22 heavy (non-hydrogen) atoms. The average molecular weight is 306 g/mol. The number of rotatable bonds is 4. The van der Waals surface area contributed by atoms with E-state index in [-0.39, 0.29) is 17.9 Å². The van der Waals surface area contributed by atoms with Gasteiger partial charge in [-0.3, -0.25) is 0 Å². The molecule has 0 unspecified atom stereocenters. The molecule has 0 fully saturated rings. The number of aromatic nitrogens is 1. The molecule has 7 heteroatoms. The van der Waals surface area contributed by atoms with Gasteiger partial charge >= 0.3 is 0 Å². The zero-order valence-electron chi connectivity index (χ0n) is 11.6. The van der Waals surface area contributed by atoms with Gasteiger partial charge in [0.25, 0.3) is 0 Å². The topological polar surface area (TPSA) is 70.5 Å². The summed E-state index contributed by atoms with van der Waals surface area (Å²) in [5.41, 5.74) is 7.03. The van der Waals surface area contributed by atoms with Gasteiger partial charge in [-0.15, -0.1) is 0 Å². The molecular formula is C15H12F2N2O3. The van der Waals surface area contributed by atoms with E-state index in [1.807, 2.05) is 0 Å². The number of methoxy groups -OCH3 is 1. The second-order valence-electron chi connectivity index (χ2n) is 4.55. The highest BCUT2D eigenvalue weighted by atomic mass is 19.2. The van der Waals surface area contributed by atoms with Crippen LogP contribution in [-0.4, -0.2) is 12.1 Å². The molecule has 0 aliphatic rings. The lowest BCUT2D eigenvalue weighted by atomic mass is 10.2. The fourth-order valence-electron chi connectivity index (χ4n) is 2.12. The molecule has 114 valence electrons. The number of hydrogen-bond acceptors (Lipinski definition) is 5. The van der Waals surface area contributed by atoms with Crippen molar-refractivity contribution in [3.63, 3.8) is 0 Å². The van der Waals surface area contributed by atoms with Crippen LogP contribution in [0, 0.1) is 11.6 Å². The first-order chi connectivity index (χ1) is 10.6. The molecule has 0 amide bonds. The first-order valence-corrected chi connectivity index (χ1v) is 6.36. The molecule has 0 bridgehead atoms. The SMILES string of the molecule is COc1ccc(F)c(F)c1COc1cc(N)cc2ncoc12.